The number of amides is 1. The number of nitrogens with one attached hydrogen (secondary N) is 1. The van der Waals surface area contributed by atoms with Gasteiger partial charge in [0.1, 0.15) is 5.76 Å². The van der Waals surface area contributed by atoms with Crippen molar-refractivity contribution < 1.29 is 9.21 Å². The van der Waals surface area contributed by atoms with E-state index in [4.69, 9.17) is 16.0 Å². The molecule has 1 N–H and O–H groups in total. The van der Waals surface area contributed by atoms with Gasteiger partial charge in [-0.15, -0.1) is 0 Å². The first-order valence-corrected chi connectivity index (χ1v) is 5.03. The van der Waals surface area contributed by atoms with E-state index in [1.54, 1.807) is 31.2 Å². The molecule has 4 nitrogen and oxygen atoms in total. The van der Waals surface area contributed by atoms with Crippen LogP contribution in [0.15, 0.2) is 34.9 Å². The number of hydrogen-bond donors (Lipinski definition) is 1. The number of aryl methyl sites for hydroxylation is 1. The zero-order chi connectivity index (χ0) is 11.5. The maximum Gasteiger partial charge on any atom is 0.311 e. The summed E-state index contributed by atoms with van der Waals surface area (Å²) >= 11 is 5.90. The van der Waals surface area contributed by atoms with Gasteiger partial charge in [-0.3, -0.25) is 4.79 Å². The molecule has 16 heavy (non-hydrogen) atoms. The first kappa shape index (κ1) is 10.7. The van der Waals surface area contributed by atoms with Crippen LogP contribution < -0.4 is 5.32 Å². The monoisotopic (exact) mass is 236 g/mol. The van der Waals surface area contributed by atoms with Gasteiger partial charge < -0.3 is 9.73 Å². The lowest BCUT2D eigenvalue weighted by Crippen LogP contribution is -2.12. The molecule has 1 heterocycles. The molecule has 0 atom stereocenters. The number of oxazole rings is 1. The molecule has 0 fully saturated rings. The van der Waals surface area contributed by atoms with Gasteiger partial charge in [0.05, 0.1) is 16.9 Å². The second-order valence-corrected chi connectivity index (χ2v) is 3.62. The van der Waals surface area contributed by atoms with Gasteiger partial charge in [-0.1, -0.05) is 23.7 Å². The Hall–Kier alpha value is -1.81. The Morgan fingerprint density at radius 1 is 1.44 bits per heavy atom. The first-order valence-electron chi connectivity index (χ1n) is 4.65. The molecule has 0 aliphatic rings. The molecule has 82 valence electrons. The van der Waals surface area contributed by atoms with Crippen molar-refractivity contribution in [1.29, 1.82) is 0 Å². The number of para-hydroxylation sites is 1. The standard InChI is InChI=1S/C11H9ClN2O2/c1-7-6-13-11(16-7)10(15)14-9-5-3-2-4-8(9)12/h2-6H,1H3,(H,14,15). The molecule has 5 heteroatoms. The van der Waals surface area contributed by atoms with Crippen molar-refractivity contribution >= 4 is 23.2 Å². The van der Waals surface area contributed by atoms with Gasteiger partial charge in [0.25, 0.3) is 5.89 Å². The second-order valence-electron chi connectivity index (χ2n) is 3.21. The highest BCUT2D eigenvalue weighted by Gasteiger charge is 2.13. The summed E-state index contributed by atoms with van der Waals surface area (Å²) in [5.41, 5.74) is 0.532. The zero-order valence-electron chi connectivity index (χ0n) is 8.53. The molecular weight excluding hydrogens is 228 g/mol. The predicted octanol–water partition coefficient (Wildman–Crippen LogP) is 2.89. The number of hydrogen-bond acceptors (Lipinski definition) is 3. The molecule has 0 spiro atoms. The molecule has 2 aromatic rings. The Bertz CT molecular complexity index is 522. The molecule has 0 saturated carbocycles. The highest BCUT2D eigenvalue weighted by atomic mass is 35.5. The Morgan fingerprint density at radius 2 is 2.19 bits per heavy atom. The summed E-state index contributed by atoms with van der Waals surface area (Å²) in [7, 11) is 0. The van der Waals surface area contributed by atoms with Gasteiger partial charge in [0, 0.05) is 0 Å². The predicted molar refractivity (Wildman–Crippen MR) is 60.6 cm³/mol. The lowest BCUT2D eigenvalue weighted by atomic mass is 10.3. The molecule has 1 amide bonds. The van der Waals surface area contributed by atoms with Crippen LogP contribution in [0.2, 0.25) is 5.02 Å². The number of rotatable bonds is 2. The van der Waals surface area contributed by atoms with Gasteiger partial charge in [0.15, 0.2) is 0 Å². The number of halogens is 1. The Morgan fingerprint density at radius 3 is 2.81 bits per heavy atom. The van der Waals surface area contributed by atoms with Crippen LogP contribution in [0, 0.1) is 6.92 Å². The minimum atomic E-state index is -0.416. The summed E-state index contributed by atoms with van der Waals surface area (Å²) in [5, 5.41) is 3.08. The summed E-state index contributed by atoms with van der Waals surface area (Å²) in [6, 6.07) is 6.96. The molecule has 0 bridgehead atoms. The van der Waals surface area contributed by atoms with Crippen LogP contribution in [-0.4, -0.2) is 10.9 Å². The fourth-order valence-corrected chi connectivity index (χ4v) is 1.38. The molecule has 0 aliphatic heterocycles. The number of carbonyl (C=O) groups excluding carboxylic acids is 1. The largest absolute Gasteiger partial charge is 0.438 e. The quantitative estimate of drug-likeness (QED) is 0.872. The second kappa shape index (κ2) is 4.37. The Kier molecular flexibility index (Phi) is 2.92. The van der Waals surface area contributed by atoms with Gasteiger partial charge in [-0.25, -0.2) is 4.98 Å². The third kappa shape index (κ3) is 2.23. The maximum atomic E-state index is 11.7. The van der Waals surface area contributed by atoms with Crippen molar-refractivity contribution in [3.05, 3.63) is 47.1 Å². The van der Waals surface area contributed by atoms with Crippen LogP contribution in [0.4, 0.5) is 5.69 Å². The van der Waals surface area contributed by atoms with E-state index in [-0.39, 0.29) is 5.89 Å². The average molecular weight is 237 g/mol. The van der Waals surface area contributed by atoms with E-state index in [9.17, 15) is 4.79 Å². The van der Waals surface area contributed by atoms with E-state index in [0.717, 1.165) is 0 Å². The highest BCUT2D eigenvalue weighted by molar-refractivity contribution is 6.33. The molecular formula is C11H9ClN2O2. The number of benzene rings is 1. The Labute approximate surface area is 97.2 Å². The Balaban J connectivity index is 2.17. The average Bonchev–Trinajstić information content (AvgIpc) is 2.68. The topological polar surface area (TPSA) is 55.1 Å². The van der Waals surface area contributed by atoms with Gasteiger partial charge in [0.2, 0.25) is 0 Å². The molecule has 2 rings (SSSR count). The summed E-state index contributed by atoms with van der Waals surface area (Å²) in [6.07, 6.45) is 1.49. The summed E-state index contributed by atoms with van der Waals surface area (Å²) < 4.78 is 5.09. The lowest BCUT2D eigenvalue weighted by Gasteiger charge is -2.03. The van der Waals surface area contributed by atoms with Crippen LogP contribution in [0.25, 0.3) is 0 Å². The molecule has 0 saturated heterocycles. The highest BCUT2D eigenvalue weighted by Crippen LogP contribution is 2.21. The smallest absolute Gasteiger partial charge is 0.311 e. The van der Waals surface area contributed by atoms with Crippen LogP contribution in [0.3, 0.4) is 0 Å². The molecule has 1 aromatic heterocycles. The van der Waals surface area contributed by atoms with Gasteiger partial charge in [-0.05, 0) is 19.1 Å². The SMILES string of the molecule is Cc1cnc(C(=O)Nc2ccccc2Cl)o1. The third-order valence-corrected chi connectivity index (χ3v) is 2.27. The van der Waals surface area contributed by atoms with E-state index in [1.807, 2.05) is 0 Å². The molecule has 0 radical (unpaired) electrons. The molecule has 0 unspecified atom stereocenters. The fourth-order valence-electron chi connectivity index (χ4n) is 1.20. The lowest BCUT2D eigenvalue weighted by molar-refractivity contribution is 0.0989. The van der Waals surface area contributed by atoms with Crippen LogP contribution in [0.5, 0.6) is 0 Å². The summed E-state index contributed by atoms with van der Waals surface area (Å²) in [5.74, 6) is 0.197. The van der Waals surface area contributed by atoms with E-state index in [1.165, 1.54) is 6.20 Å². The van der Waals surface area contributed by atoms with E-state index < -0.39 is 5.91 Å². The van der Waals surface area contributed by atoms with Gasteiger partial charge >= 0.3 is 5.91 Å². The minimum Gasteiger partial charge on any atom is -0.438 e. The van der Waals surface area contributed by atoms with E-state index >= 15 is 0 Å². The van der Waals surface area contributed by atoms with E-state index in [2.05, 4.69) is 10.3 Å². The number of carbonyl (C=O) groups is 1. The molecule has 1 aromatic carbocycles. The van der Waals surface area contributed by atoms with Crippen LogP contribution in [0.1, 0.15) is 16.4 Å². The first-order chi connectivity index (χ1) is 7.66. The maximum absolute atomic E-state index is 11.7. The number of nitrogens with zero attached hydrogens (tertiary/aromatic N) is 1. The van der Waals surface area contributed by atoms with Crippen LogP contribution >= 0.6 is 11.6 Å². The number of anilines is 1. The third-order valence-electron chi connectivity index (χ3n) is 1.94. The minimum absolute atomic E-state index is 0.0254. The van der Waals surface area contributed by atoms with E-state index in [0.29, 0.717) is 16.5 Å². The van der Waals surface area contributed by atoms with Crippen molar-refractivity contribution in [2.24, 2.45) is 0 Å². The molecule has 0 aliphatic carbocycles. The van der Waals surface area contributed by atoms with Crippen molar-refractivity contribution in [1.82, 2.24) is 4.98 Å². The van der Waals surface area contributed by atoms with Crippen molar-refractivity contribution in [2.75, 3.05) is 5.32 Å². The van der Waals surface area contributed by atoms with Crippen molar-refractivity contribution in [3.63, 3.8) is 0 Å². The zero-order valence-corrected chi connectivity index (χ0v) is 9.28. The summed E-state index contributed by atoms with van der Waals surface area (Å²) in [4.78, 5) is 15.5. The fraction of sp³-hybridized carbons (Fsp3) is 0.0909. The number of aromatic nitrogens is 1. The van der Waals surface area contributed by atoms with Crippen molar-refractivity contribution in [3.8, 4) is 0 Å². The van der Waals surface area contributed by atoms with Gasteiger partial charge in [-0.2, -0.15) is 0 Å². The normalized spacial score (nSPS) is 10.1. The van der Waals surface area contributed by atoms with Crippen LogP contribution in [-0.2, 0) is 0 Å². The summed E-state index contributed by atoms with van der Waals surface area (Å²) in [6.45, 7) is 1.72. The van der Waals surface area contributed by atoms with Crippen molar-refractivity contribution in [2.45, 2.75) is 6.92 Å².